The number of carbonyl (C=O) groups is 1. The summed E-state index contributed by atoms with van der Waals surface area (Å²) in [7, 11) is 1.78. The van der Waals surface area contributed by atoms with E-state index in [4.69, 9.17) is 0 Å². The normalized spacial score (nSPS) is 23.9. The Morgan fingerprint density at radius 1 is 1.27 bits per heavy atom. The summed E-state index contributed by atoms with van der Waals surface area (Å²) in [5.41, 5.74) is 0.833. The first-order chi connectivity index (χ1) is 14.1. The topological polar surface area (TPSA) is 69.0 Å². The van der Waals surface area contributed by atoms with Crippen molar-refractivity contribution in [2.75, 3.05) is 13.6 Å². The number of carbonyl (C=O) groups excluding carboxylic acids is 1. The Morgan fingerprint density at radius 3 is 2.67 bits per heavy atom. The van der Waals surface area contributed by atoms with Crippen LogP contribution in [0.1, 0.15) is 47.8 Å². The summed E-state index contributed by atoms with van der Waals surface area (Å²) in [4.78, 5) is 18.9. The molecule has 30 heavy (non-hydrogen) atoms. The fourth-order valence-electron chi connectivity index (χ4n) is 4.47. The summed E-state index contributed by atoms with van der Waals surface area (Å²) in [5, 5.41) is 12.8. The molecule has 2 atom stereocenters. The van der Waals surface area contributed by atoms with E-state index < -0.39 is 17.3 Å². The third kappa shape index (κ3) is 3.43. The molecule has 0 bridgehead atoms. The van der Waals surface area contributed by atoms with Gasteiger partial charge < -0.3 is 4.90 Å². The van der Waals surface area contributed by atoms with Crippen molar-refractivity contribution in [3.8, 4) is 17.2 Å². The predicted octanol–water partition coefficient (Wildman–Crippen LogP) is 3.97. The van der Waals surface area contributed by atoms with Crippen LogP contribution in [0.3, 0.4) is 0 Å². The average molecular weight is 414 g/mol. The van der Waals surface area contributed by atoms with E-state index in [1.165, 1.54) is 6.07 Å². The molecule has 2 aliphatic heterocycles. The Labute approximate surface area is 172 Å². The van der Waals surface area contributed by atoms with Gasteiger partial charge in [-0.15, -0.1) is 0 Å². The van der Waals surface area contributed by atoms with Crippen LogP contribution < -0.4 is 5.32 Å². The summed E-state index contributed by atoms with van der Waals surface area (Å²) in [6.45, 7) is 2.46. The molecule has 0 aliphatic carbocycles. The number of aryl methyl sites for hydroxylation is 1. The van der Waals surface area contributed by atoms with Crippen LogP contribution in [-0.4, -0.2) is 34.9 Å². The first-order valence-corrected chi connectivity index (χ1v) is 9.76. The fourth-order valence-corrected chi connectivity index (χ4v) is 4.47. The van der Waals surface area contributed by atoms with Crippen LogP contribution in [0.4, 0.5) is 13.2 Å². The minimum atomic E-state index is -4.50. The number of likely N-dealkylation sites (tertiary alicyclic amines) is 1. The zero-order valence-corrected chi connectivity index (χ0v) is 16.7. The molecule has 156 valence electrons. The van der Waals surface area contributed by atoms with Gasteiger partial charge in [0.05, 0.1) is 28.9 Å². The van der Waals surface area contributed by atoms with Crippen LogP contribution in [-0.2, 0) is 11.0 Å². The van der Waals surface area contributed by atoms with Gasteiger partial charge >= 0.3 is 6.18 Å². The van der Waals surface area contributed by atoms with Crippen LogP contribution in [0.25, 0.3) is 11.1 Å². The maximum absolute atomic E-state index is 13.2. The molecule has 1 aromatic heterocycles. The number of alkyl halides is 3. The third-order valence-electron chi connectivity index (χ3n) is 6.05. The van der Waals surface area contributed by atoms with Crippen LogP contribution in [0.2, 0.25) is 0 Å². The lowest BCUT2D eigenvalue weighted by atomic mass is 9.95. The molecule has 1 spiro atoms. The van der Waals surface area contributed by atoms with Crippen molar-refractivity contribution in [2.24, 2.45) is 0 Å². The van der Waals surface area contributed by atoms with Crippen molar-refractivity contribution in [1.29, 1.82) is 5.26 Å². The molecule has 2 fully saturated rings. The van der Waals surface area contributed by atoms with Gasteiger partial charge in [-0.3, -0.25) is 15.1 Å². The van der Waals surface area contributed by atoms with Gasteiger partial charge in [-0.2, -0.15) is 18.4 Å². The Kier molecular flexibility index (Phi) is 4.82. The zero-order chi connectivity index (χ0) is 21.7. The van der Waals surface area contributed by atoms with Crippen molar-refractivity contribution >= 4 is 5.91 Å². The van der Waals surface area contributed by atoms with E-state index >= 15 is 0 Å². The third-order valence-corrected chi connectivity index (χ3v) is 6.05. The number of amides is 1. The second-order valence-electron chi connectivity index (χ2n) is 8.09. The zero-order valence-electron chi connectivity index (χ0n) is 16.7. The first-order valence-electron chi connectivity index (χ1n) is 9.76. The molecule has 8 heteroatoms. The number of pyridine rings is 1. The molecule has 1 aromatic carbocycles. The highest BCUT2D eigenvalue weighted by molar-refractivity contribution is 5.88. The number of nitriles is 1. The molecule has 0 saturated carbocycles. The number of hydrogen-bond acceptors (Lipinski definition) is 4. The second-order valence-corrected chi connectivity index (χ2v) is 8.09. The Bertz CT molecular complexity index is 1060. The largest absolute Gasteiger partial charge is 0.416 e. The summed E-state index contributed by atoms with van der Waals surface area (Å²) in [6.07, 6.45) is -2.37. The Hall–Kier alpha value is -2.92. The van der Waals surface area contributed by atoms with Crippen molar-refractivity contribution in [1.82, 2.24) is 15.2 Å². The van der Waals surface area contributed by atoms with Crippen LogP contribution >= 0.6 is 0 Å². The smallest absolute Gasteiger partial charge is 0.344 e. The summed E-state index contributed by atoms with van der Waals surface area (Å²) in [5.74, 6) is 0.0718. The standard InChI is InChI=1S/C22H21F3N4O/c1-13-9-15(17-11-16(22(23,24)25)4-3-14(17)12-26)10-19(27-13)18-5-6-21(28-18)7-8-29(2)20(21)30/h3-4,9-11,18,28H,5-8H2,1-2H3. The molecule has 4 rings (SSSR count). The van der Waals surface area contributed by atoms with Gasteiger partial charge in [-0.05, 0) is 62.1 Å². The lowest BCUT2D eigenvalue weighted by Gasteiger charge is -2.23. The molecule has 5 nitrogen and oxygen atoms in total. The molecule has 2 unspecified atom stereocenters. The number of likely N-dealkylation sites (N-methyl/N-ethyl adjacent to an activating group) is 1. The Morgan fingerprint density at radius 2 is 2.03 bits per heavy atom. The summed E-state index contributed by atoms with van der Waals surface area (Å²) < 4.78 is 39.7. The highest BCUT2D eigenvalue weighted by Crippen LogP contribution is 2.40. The van der Waals surface area contributed by atoms with Crippen molar-refractivity contribution in [2.45, 2.75) is 43.9 Å². The van der Waals surface area contributed by atoms with Crippen LogP contribution in [0.5, 0.6) is 0 Å². The summed E-state index contributed by atoms with van der Waals surface area (Å²) >= 11 is 0. The quantitative estimate of drug-likeness (QED) is 0.807. The summed E-state index contributed by atoms with van der Waals surface area (Å²) in [6, 6.07) is 8.34. The minimum Gasteiger partial charge on any atom is -0.344 e. The minimum absolute atomic E-state index is 0.0718. The number of nitrogens with one attached hydrogen (secondary N) is 1. The molecule has 0 radical (unpaired) electrons. The van der Waals surface area contributed by atoms with Crippen LogP contribution in [0, 0.1) is 18.3 Å². The van der Waals surface area contributed by atoms with Crippen molar-refractivity contribution in [3.63, 3.8) is 0 Å². The van der Waals surface area contributed by atoms with E-state index in [0.29, 0.717) is 36.3 Å². The molecular formula is C22H21F3N4O. The first kappa shape index (κ1) is 20.4. The number of hydrogen-bond donors (Lipinski definition) is 1. The molecule has 3 heterocycles. The van der Waals surface area contributed by atoms with Gasteiger partial charge in [0, 0.05) is 24.8 Å². The molecule has 2 aromatic rings. The van der Waals surface area contributed by atoms with Gasteiger partial charge in [0.25, 0.3) is 0 Å². The SMILES string of the molecule is Cc1cc(-c2cc(C(F)(F)F)ccc2C#N)cc(C2CCC3(CCN(C)C3=O)N2)n1. The van der Waals surface area contributed by atoms with Gasteiger partial charge in [0.15, 0.2) is 0 Å². The van der Waals surface area contributed by atoms with E-state index in [1.54, 1.807) is 31.0 Å². The van der Waals surface area contributed by atoms with Crippen molar-refractivity contribution in [3.05, 3.63) is 52.8 Å². The number of benzene rings is 1. The monoisotopic (exact) mass is 414 g/mol. The predicted molar refractivity (Wildman–Crippen MR) is 104 cm³/mol. The number of halogens is 3. The number of aromatic nitrogens is 1. The average Bonchev–Trinajstić information content (AvgIpc) is 3.26. The molecule has 1 amide bonds. The van der Waals surface area contributed by atoms with E-state index in [-0.39, 0.29) is 23.1 Å². The maximum Gasteiger partial charge on any atom is 0.416 e. The molecular weight excluding hydrogens is 393 g/mol. The Balaban J connectivity index is 1.72. The number of nitrogens with zero attached hydrogens (tertiary/aromatic N) is 3. The fraction of sp³-hybridized carbons (Fsp3) is 0.409. The van der Waals surface area contributed by atoms with Crippen molar-refractivity contribution < 1.29 is 18.0 Å². The molecule has 1 N–H and O–H groups in total. The lowest BCUT2D eigenvalue weighted by molar-refractivity contribution is -0.137. The lowest BCUT2D eigenvalue weighted by Crippen LogP contribution is -2.47. The van der Waals surface area contributed by atoms with Gasteiger partial charge in [0.2, 0.25) is 5.91 Å². The van der Waals surface area contributed by atoms with E-state index in [0.717, 1.165) is 18.6 Å². The van der Waals surface area contributed by atoms with E-state index in [9.17, 15) is 23.2 Å². The highest BCUT2D eigenvalue weighted by atomic mass is 19.4. The second kappa shape index (κ2) is 7.10. The van der Waals surface area contributed by atoms with E-state index in [2.05, 4.69) is 10.3 Å². The van der Waals surface area contributed by atoms with Gasteiger partial charge in [-0.1, -0.05) is 0 Å². The van der Waals surface area contributed by atoms with E-state index in [1.807, 2.05) is 6.07 Å². The van der Waals surface area contributed by atoms with Crippen LogP contribution in [0.15, 0.2) is 30.3 Å². The van der Waals surface area contributed by atoms with Gasteiger partial charge in [-0.25, -0.2) is 0 Å². The molecule has 2 saturated heterocycles. The van der Waals surface area contributed by atoms with Gasteiger partial charge in [0.1, 0.15) is 5.54 Å². The molecule has 2 aliphatic rings. The highest BCUT2D eigenvalue weighted by Gasteiger charge is 2.50. The maximum atomic E-state index is 13.2. The number of rotatable bonds is 2.